The minimum atomic E-state index is -8.99. The third kappa shape index (κ3) is 30.0. The molecular formula is C54H66AsBr4F6N14OOs3S2-5. The zero-order valence-electron chi connectivity index (χ0n) is 45.6. The summed E-state index contributed by atoms with van der Waals surface area (Å²) in [5.74, 6) is 0. The SMILES string of the molecule is C.CCC.CCC.CCC.F[As](F)(F)(F)F.O.[Br][Os][Br].[Br][Os][Br].[F-].[N-]=C=S.[N-]=C=S.[Os+4].c1ccc2c(c1)N[CH-]N2N1[CH-]Nc2ccccc21.c1ccc2c(c1)N[CH-]N2N1[CH-]Nc2ccccc21.c1ccc2c(c1)N[CH-]N2N1[CH-]Nc2ccccc21. The van der Waals surface area contributed by atoms with Crippen molar-refractivity contribution in [2.45, 2.75) is 68.2 Å². The van der Waals surface area contributed by atoms with Crippen molar-refractivity contribution in [2.75, 3.05) is 62.0 Å². The van der Waals surface area contributed by atoms with E-state index in [-0.39, 0.29) is 64.3 Å². The summed E-state index contributed by atoms with van der Waals surface area (Å²) in [6.45, 7) is 24.5. The van der Waals surface area contributed by atoms with Crippen LogP contribution in [-0.4, -0.2) is 30.6 Å². The molecule has 6 aromatic carbocycles. The van der Waals surface area contributed by atoms with Gasteiger partial charge in [-0.3, -0.25) is 0 Å². The van der Waals surface area contributed by atoms with Crippen LogP contribution in [0, 0.1) is 40.0 Å². The Morgan fingerprint density at radius 2 is 0.494 bits per heavy atom. The van der Waals surface area contributed by atoms with Crippen LogP contribution in [0.15, 0.2) is 146 Å². The van der Waals surface area contributed by atoms with Crippen LogP contribution in [0.1, 0.15) is 68.2 Å². The van der Waals surface area contributed by atoms with Crippen molar-refractivity contribution < 1.29 is 74.2 Å². The van der Waals surface area contributed by atoms with Gasteiger partial charge in [0, 0.05) is 68.2 Å². The number of rotatable bonds is 3. The average molecular weight is 2070 g/mol. The van der Waals surface area contributed by atoms with Crippen LogP contribution in [0.5, 0.6) is 0 Å². The number of nitrogens with one attached hydrogen (secondary N) is 6. The van der Waals surface area contributed by atoms with Crippen molar-refractivity contribution >= 4 is 172 Å². The van der Waals surface area contributed by atoms with E-state index in [1.807, 2.05) is 113 Å². The van der Waals surface area contributed by atoms with Crippen molar-refractivity contribution in [3.8, 4) is 0 Å². The molecule has 0 atom stereocenters. The minimum Gasteiger partial charge on any atom is -1.00 e. The molecule has 6 aliphatic heterocycles. The summed E-state index contributed by atoms with van der Waals surface area (Å²) < 4.78 is 49.4. The Morgan fingerprint density at radius 3 is 0.600 bits per heavy atom. The summed E-state index contributed by atoms with van der Waals surface area (Å²) in [6, 6.07) is 49.5. The monoisotopic (exact) mass is 2070 g/mol. The molecule has 0 spiro atoms. The standard InChI is InChI=1S/3C14H12N4.3C3H8.2CNS.CH4.AsF5.4BrH.FH.H2O.3Os/c3*1-3-7-13-11(5-1)15-9-17(13)18-10-16-12-6-2-4-8-14(12)18;3*1-3-2;2*2-1-3;;2-1(3,4,5)6;;;;;;;;;/h3*1-10,15-16H;3*3H2,1-2H3;;;1H4;;5*1H;1H2;;;/q3*-2;;;;2*-1;;;;;;;;;2*+2;+4/p-5. The maximum absolute atomic E-state index is 9.89. The van der Waals surface area contributed by atoms with Crippen molar-refractivity contribution in [3.63, 3.8) is 0 Å². The number of fused-ring (bicyclic) bond motifs is 6. The number of hydrogen-bond donors (Lipinski definition) is 6. The van der Waals surface area contributed by atoms with Crippen molar-refractivity contribution in [1.82, 2.24) is 0 Å². The molecule has 6 aromatic rings. The Kier molecular flexibility index (Phi) is 47.8. The van der Waals surface area contributed by atoms with E-state index in [0.717, 1.165) is 68.2 Å². The van der Waals surface area contributed by atoms with Crippen molar-refractivity contribution in [2.24, 2.45) is 0 Å². The number of benzene rings is 6. The number of hydrogen-bond acceptors (Lipinski definition) is 14. The van der Waals surface area contributed by atoms with E-state index < -0.39 is 14.8 Å². The first-order valence-corrected chi connectivity index (χ1v) is 50.7. The number of isothiocyanates is 2. The Balaban J connectivity index is -0.000000963. The van der Waals surface area contributed by atoms with Crippen molar-refractivity contribution in [3.05, 3.63) is 196 Å². The predicted octanol–water partition coefficient (Wildman–Crippen LogP) is 16.5. The predicted molar refractivity (Wildman–Crippen MR) is 358 cm³/mol. The largest absolute Gasteiger partial charge is 4.00 e. The molecular weight excluding hydrogens is 2000 g/mol. The van der Waals surface area contributed by atoms with Gasteiger partial charge < -0.3 is 83.0 Å². The van der Waals surface area contributed by atoms with Gasteiger partial charge in [0.25, 0.3) is 0 Å². The topological polar surface area (TPSA) is 168 Å². The summed E-state index contributed by atoms with van der Waals surface area (Å²) >= 11 is 11.3. The summed E-state index contributed by atoms with van der Waals surface area (Å²) in [7, 11) is 0. The Bertz CT molecular complexity index is 2390. The van der Waals surface area contributed by atoms with E-state index in [2.05, 4.69) is 255 Å². The zero-order valence-corrected chi connectivity index (χ0v) is 63.1. The van der Waals surface area contributed by atoms with E-state index in [4.69, 9.17) is 10.8 Å². The molecule has 0 unspecified atom stereocenters. The maximum atomic E-state index is 9.89. The third-order valence-corrected chi connectivity index (χ3v) is 9.66. The molecule has 0 amide bonds. The van der Waals surface area contributed by atoms with Gasteiger partial charge >= 0.3 is 133 Å². The fourth-order valence-electron chi connectivity index (χ4n) is 7.04. The maximum Gasteiger partial charge on any atom is 4.00 e. The van der Waals surface area contributed by atoms with Crippen LogP contribution in [0.2, 0.25) is 0 Å². The van der Waals surface area contributed by atoms with E-state index >= 15 is 0 Å². The molecule has 85 heavy (non-hydrogen) atoms. The van der Waals surface area contributed by atoms with E-state index in [1.54, 1.807) is 0 Å². The quantitative estimate of drug-likeness (QED) is 0.0326. The molecule has 6 heterocycles. The number of anilines is 12. The Morgan fingerprint density at radius 1 is 0.400 bits per heavy atom. The fourth-order valence-corrected chi connectivity index (χ4v) is 7.04. The fraction of sp³-hybridized carbons (Fsp3) is 0.185. The zero-order chi connectivity index (χ0) is 60.2. The second-order valence-corrected chi connectivity index (χ2v) is 41.1. The third-order valence-electron chi connectivity index (χ3n) is 9.66. The number of para-hydroxylation sites is 12. The van der Waals surface area contributed by atoms with Gasteiger partial charge in [0.15, 0.2) is 0 Å². The van der Waals surface area contributed by atoms with Gasteiger partial charge in [0.2, 0.25) is 0 Å². The minimum absolute atomic E-state index is 0. The van der Waals surface area contributed by atoms with Crippen LogP contribution in [-0.2, 0) is 46.7 Å². The number of hydrazine groups is 3. The number of thiocarbonyl (C=S) groups is 2. The molecule has 0 radical (unpaired) electrons. The molecule has 0 aliphatic carbocycles. The molecule has 31 heteroatoms. The Labute approximate surface area is 566 Å². The van der Waals surface area contributed by atoms with E-state index in [9.17, 15) is 17.3 Å². The summed E-state index contributed by atoms with van der Waals surface area (Å²) in [5.41, 5.74) is 13.6. The van der Waals surface area contributed by atoms with Gasteiger partial charge in [-0.1, -0.05) is 165 Å². The first kappa shape index (κ1) is 85.7. The average Bonchev–Trinajstić information content (AvgIpc) is 3.95. The summed E-state index contributed by atoms with van der Waals surface area (Å²) in [6.07, 6.45) is 3.75. The summed E-state index contributed by atoms with van der Waals surface area (Å²) in [5, 5.41) is 49.1. The molecule has 0 bridgehead atoms. The second kappa shape index (κ2) is 47.4. The summed E-state index contributed by atoms with van der Waals surface area (Å²) in [4.78, 5) is 0. The van der Waals surface area contributed by atoms with Gasteiger partial charge in [-0.05, 0) is 72.8 Å². The van der Waals surface area contributed by atoms with Gasteiger partial charge in [0.1, 0.15) is 0 Å². The molecule has 8 N–H and O–H groups in total. The van der Waals surface area contributed by atoms with E-state index in [0.29, 0.717) is 0 Å². The van der Waals surface area contributed by atoms with E-state index in [1.165, 1.54) is 29.6 Å². The molecule has 6 aliphatic rings. The normalized spacial score (nSPS) is 12.9. The van der Waals surface area contributed by atoms with Crippen LogP contribution in [0.3, 0.4) is 0 Å². The first-order chi connectivity index (χ1) is 38.9. The molecule has 12 rings (SSSR count). The molecule has 0 fully saturated rings. The molecule has 474 valence electrons. The molecule has 0 saturated carbocycles. The van der Waals surface area contributed by atoms with Gasteiger partial charge in [-0.15, -0.1) is 40.0 Å². The first-order valence-electron chi connectivity index (χ1n) is 24.2. The molecule has 0 aromatic heterocycles. The molecule has 15 nitrogen and oxygen atoms in total. The Hall–Kier alpha value is -3.55. The van der Waals surface area contributed by atoms with Crippen LogP contribution < -0.4 is 66.7 Å². The van der Waals surface area contributed by atoms with Crippen LogP contribution in [0.4, 0.5) is 85.6 Å². The number of halogens is 10. The van der Waals surface area contributed by atoms with Crippen LogP contribution >= 0.6 is 78.7 Å². The van der Waals surface area contributed by atoms with Gasteiger partial charge in [-0.25, -0.2) is 0 Å². The smallest absolute Gasteiger partial charge is 1.00 e. The number of nitrogens with zero attached hydrogens (tertiary/aromatic N) is 8. The van der Waals surface area contributed by atoms with Gasteiger partial charge in [0.05, 0.1) is 0 Å². The second-order valence-electron chi connectivity index (χ2n) is 15.9. The molecule has 0 saturated heterocycles. The van der Waals surface area contributed by atoms with Gasteiger partial charge in [-0.2, -0.15) is 10.3 Å². The van der Waals surface area contributed by atoms with Crippen LogP contribution in [0.25, 0.3) is 10.8 Å². The van der Waals surface area contributed by atoms with Crippen molar-refractivity contribution in [1.29, 1.82) is 0 Å².